The summed E-state index contributed by atoms with van der Waals surface area (Å²) in [6.07, 6.45) is 2.08. The van der Waals surface area contributed by atoms with Crippen molar-refractivity contribution in [2.75, 3.05) is 26.2 Å². The molecule has 0 aliphatic carbocycles. The molecule has 0 aromatic heterocycles. The van der Waals surface area contributed by atoms with Gasteiger partial charge in [0.2, 0.25) is 0 Å². The Hall–Kier alpha value is -1.35. The highest BCUT2D eigenvalue weighted by Gasteiger charge is 2.04. The van der Waals surface area contributed by atoms with Crippen LogP contribution in [0.3, 0.4) is 0 Å². The number of unbranched alkanes of at least 4 members (excludes halogenated alkanes) is 1. The molecule has 7 nitrogen and oxygen atoms in total. The van der Waals surface area contributed by atoms with Crippen LogP contribution in [0, 0.1) is 0 Å². The Morgan fingerprint density at radius 3 is 2.39 bits per heavy atom. The van der Waals surface area contributed by atoms with Crippen molar-refractivity contribution in [1.29, 1.82) is 0 Å². The molecule has 1 aromatic carbocycles. The van der Waals surface area contributed by atoms with Crippen LogP contribution in [0.1, 0.15) is 12.8 Å². The van der Waals surface area contributed by atoms with Crippen LogP contribution >= 0.6 is 27.5 Å². The lowest BCUT2D eigenvalue weighted by molar-refractivity contribution is -0.159. The van der Waals surface area contributed by atoms with Gasteiger partial charge in [-0.15, -0.1) is 0 Å². The first-order valence-electron chi connectivity index (χ1n) is 6.83. The molecule has 0 spiro atoms. The third-order valence-corrected chi connectivity index (χ3v) is 3.19. The van der Waals surface area contributed by atoms with Crippen LogP contribution in [-0.2, 0) is 9.59 Å². The Kier molecular flexibility index (Phi) is 12.4. The molecule has 0 saturated carbocycles. The SMILES string of the molecule is NCCNCCCCOc1ccc(Br)cc1Cl.O=C(O)C(=O)O. The van der Waals surface area contributed by atoms with Crippen molar-refractivity contribution in [2.45, 2.75) is 12.8 Å². The highest BCUT2D eigenvalue weighted by Crippen LogP contribution is 2.27. The maximum Gasteiger partial charge on any atom is 0.414 e. The van der Waals surface area contributed by atoms with Gasteiger partial charge in [0.15, 0.2) is 0 Å². The zero-order valence-corrected chi connectivity index (χ0v) is 14.8. The Morgan fingerprint density at radius 1 is 1.22 bits per heavy atom. The first kappa shape index (κ1) is 21.6. The van der Waals surface area contributed by atoms with Crippen LogP contribution in [0.5, 0.6) is 5.75 Å². The fourth-order valence-electron chi connectivity index (χ4n) is 1.35. The predicted molar refractivity (Wildman–Crippen MR) is 91.1 cm³/mol. The van der Waals surface area contributed by atoms with Crippen molar-refractivity contribution in [3.8, 4) is 5.75 Å². The number of aliphatic carboxylic acids is 2. The van der Waals surface area contributed by atoms with E-state index >= 15 is 0 Å². The normalized spacial score (nSPS) is 9.70. The van der Waals surface area contributed by atoms with Crippen molar-refractivity contribution in [3.63, 3.8) is 0 Å². The lowest BCUT2D eigenvalue weighted by Gasteiger charge is -2.08. The van der Waals surface area contributed by atoms with Crippen molar-refractivity contribution in [3.05, 3.63) is 27.7 Å². The summed E-state index contributed by atoms with van der Waals surface area (Å²) in [6, 6.07) is 5.63. The van der Waals surface area contributed by atoms with Crippen molar-refractivity contribution >= 4 is 39.5 Å². The van der Waals surface area contributed by atoms with Gasteiger partial charge in [-0.05, 0) is 37.6 Å². The number of ether oxygens (including phenoxy) is 1. The topological polar surface area (TPSA) is 122 Å². The number of benzene rings is 1. The Balaban J connectivity index is 0.000000688. The number of nitrogens with two attached hydrogens (primary N) is 1. The monoisotopic (exact) mass is 410 g/mol. The van der Waals surface area contributed by atoms with E-state index in [2.05, 4.69) is 21.2 Å². The first-order chi connectivity index (χ1) is 10.9. The molecule has 0 aliphatic heterocycles. The predicted octanol–water partition coefficient (Wildman–Crippen LogP) is 1.97. The zero-order valence-electron chi connectivity index (χ0n) is 12.4. The summed E-state index contributed by atoms with van der Waals surface area (Å²) in [5.41, 5.74) is 5.37. The second-order valence-corrected chi connectivity index (χ2v) is 5.60. The molecule has 0 bridgehead atoms. The molecule has 0 amide bonds. The van der Waals surface area contributed by atoms with Crippen molar-refractivity contribution in [2.24, 2.45) is 5.73 Å². The molecule has 9 heteroatoms. The molecule has 1 aromatic rings. The molecule has 1 rings (SSSR count). The van der Waals surface area contributed by atoms with Crippen molar-refractivity contribution < 1.29 is 24.5 Å². The average molecular weight is 412 g/mol. The van der Waals surface area contributed by atoms with E-state index in [9.17, 15) is 0 Å². The standard InChI is InChI=1S/C12H18BrClN2O.C2H2O4/c13-10-3-4-12(11(14)9-10)17-8-2-1-6-16-7-5-15;3-1(4)2(5)6/h3-4,9,16H,1-2,5-8,15H2;(H,3,4)(H,5,6). The minimum Gasteiger partial charge on any atom is -0.492 e. The molecule has 0 heterocycles. The summed E-state index contributed by atoms with van der Waals surface area (Å²) in [4.78, 5) is 18.2. The van der Waals surface area contributed by atoms with Crippen LogP contribution in [0.2, 0.25) is 5.02 Å². The summed E-state index contributed by atoms with van der Waals surface area (Å²) >= 11 is 9.38. The fraction of sp³-hybridized carbons (Fsp3) is 0.429. The number of rotatable bonds is 8. The second-order valence-electron chi connectivity index (χ2n) is 4.28. The summed E-state index contributed by atoms with van der Waals surface area (Å²) in [6.45, 7) is 3.23. The van der Waals surface area contributed by atoms with Crippen LogP contribution in [0.25, 0.3) is 0 Å². The van der Waals surface area contributed by atoms with Crippen LogP contribution in [0.15, 0.2) is 22.7 Å². The van der Waals surface area contributed by atoms with Crippen LogP contribution in [0.4, 0.5) is 0 Å². The maximum atomic E-state index is 9.10. The highest BCUT2D eigenvalue weighted by atomic mass is 79.9. The molecule has 0 saturated heterocycles. The van der Waals surface area contributed by atoms with Crippen LogP contribution < -0.4 is 15.8 Å². The van der Waals surface area contributed by atoms with Gasteiger partial charge in [-0.25, -0.2) is 9.59 Å². The average Bonchev–Trinajstić information content (AvgIpc) is 2.48. The Bertz CT molecular complexity index is 490. The number of halogens is 2. The van der Waals surface area contributed by atoms with E-state index in [1.165, 1.54) is 0 Å². The third kappa shape index (κ3) is 11.8. The van der Waals surface area contributed by atoms with E-state index in [-0.39, 0.29) is 0 Å². The molecule has 0 aliphatic rings. The Labute approximate surface area is 147 Å². The smallest absolute Gasteiger partial charge is 0.414 e. The molecule has 0 radical (unpaired) electrons. The summed E-state index contributed by atoms with van der Waals surface area (Å²) in [5, 5.41) is 18.7. The maximum absolute atomic E-state index is 9.10. The fourth-order valence-corrected chi connectivity index (χ4v) is 2.08. The second kappa shape index (κ2) is 13.1. The van der Waals surface area contributed by atoms with Gasteiger partial charge in [0.1, 0.15) is 5.75 Å². The summed E-state index contributed by atoms with van der Waals surface area (Å²) < 4.78 is 6.55. The minimum absolute atomic E-state index is 0.639. The zero-order chi connectivity index (χ0) is 17.7. The first-order valence-corrected chi connectivity index (χ1v) is 8.00. The molecule has 5 N–H and O–H groups in total. The molecule has 23 heavy (non-hydrogen) atoms. The molecule has 0 fully saturated rings. The van der Waals surface area contributed by atoms with Gasteiger partial charge in [-0.1, -0.05) is 27.5 Å². The minimum atomic E-state index is -1.82. The highest BCUT2D eigenvalue weighted by molar-refractivity contribution is 9.10. The van der Waals surface area contributed by atoms with Crippen LogP contribution in [-0.4, -0.2) is 48.4 Å². The van der Waals surface area contributed by atoms with Crippen molar-refractivity contribution in [1.82, 2.24) is 5.32 Å². The van der Waals surface area contributed by atoms with Gasteiger partial charge >= 0.3 is 11.9 Å². The van der Waals surface area contributed by atoms with Gasteiger partial charge in [0.05, 0.1) is 11.6 Å². The molecular formula is C14H20BrClN2O5. The van der Waals surface area contributed by atoms with E-state index in [1.807, 2.05) is 18.2 Å². The van der Waals surface area contributed by atoms with E-state index in [0.29, 0.717) is 18.2 Å². The summed E-state index contributed by atoms with van der Waals surface area (Å²) in [7, 11) is 0. The van der Waals surface area contributed by atoms with Gasteiger partial charge < -0.3 is 26.0 Å². The van der Waals surface area contributed by atoms with E-state index in [0.717, 1.165) is 36.2 Å². The lowest BCUT2D eigenvalue weighted by Crippen LogP contribution is -2.23. The molecule has 130 valence electrons. The summed E-state index contributed by atoms with van der Waals surface area (Å²) in [5.74, 6) is -2.91. The Morgan fingerprint density at radius 2 is 1.87 bits per heavy atom. The van der Waals surface area contributed by atoms with E-state index in [4.69, 9.17) is 41.9 Å². The van der Waals surface area contributed by atoms with Gasteiger partial charge in [-0.2, -0.15) is 0 Å². The number of carboxylic acids is 2. The number of nitrogens with one attached hydrogen (secondary N) is 1. The number of carboxylic acid groups (broad SMARTS) is 2. The largest absolute Gasteiger partial charge is 0.492 e. The molecular weight excluding hydrogens is 392 g/mol. The van der Waals surface area contributed by atoms with Gasteiger partial charge in [0, 0.05) is 17.6 Å². The number of hydrogen-bond acceptors (Lipinski definition) is 5. The van der Waals surface area contributed by atoms with E-state index in [1.54, 1.807) is 0 Å². The number of hydrogen-bond donors (Lipinski definition) is 4. The molecule has 0 atom stereocenters. The van der Waals surface area contributed by atoms with Gasteiger partial charge in [0.25, 0.3) is 0 Å². The van der Waals surface area contributed by atoms with Gasteiger partial charge in [-0.3, -0.25) is 0 Å². The quantitative estimate of drug-likeness (QED) is 0.381. The lowest BCUT2D eigenvalue weighted by atomic mass is 10.3. The number of carbonyl (C=O) groups is 2. The third-order valence-electron chi connectivity index (χ3n) is 2.40. The van der Waals surface area contributed by atoms with E-state index < -0.39 is 11.9 Å². The molecule has 0 unspecified atom stereocenters.